The third-order valence-electron chi connectivity index (χ3n) is 6.88. The van der Waals surface area contributed by atoms with E-state index >= 15 is 0 Å². The van der Waals surface area contributed by atoms with Crippen LogP contribution >= 0.6 is 15.9 Å². The molecule has 0 amide bonds. The largest absolute Gasteiger partial charge is 0.388 e. The van der Waals surface area contributed by atoms with Crippen molar-refractivity contribution in [3.05, 3.63) is 106 Å². The fourth-order valence-corrected chi connectivity index (χ4v) is 5.19. The summed E-state index contributed by atoms with van der Waals surface area (Å²) in [6, 6.07) is 27.1. The van der Waals surface area contributed by atoms with Gasteiger partial charge in [0.15, 0.2) is 0 Å². The van der Waals surface area contributed by atoms with E-state index in [0.717, 1.165) is 40.7 Å². The highest BCUT2D eigenvalue weighted by atomic mass is 79.9. The maximum Gasteiger partial charge on any atom is 0.0977 e. The Balaban J connectivity index is 1.45. The third kappa shape index (κ3) is 5.73. The summed E-state index contributed by atoms with van der Waals surface area (Å²) in [5, 5.41) is 33.7. The smallest absolute Gasteiger partial charge is 0.0977 e. The molecule has 3 aromatic carbocycles. The molecule has 33 heavy (non-hydrogen) atoms. The zero-order valence-corrected chi connectivity index (χ0v) is 20.3. The second-order valence-electron chi connectivity index (χ2n) is 9.01. The normalized spacial score (nSPS) is 23.2. The number of benzene rings is 3. The van der Waals surface area contributed by atoms with E-state index in [1.807, 2.05) is 84.9 Å². The van der Waals surface area contributed by atoms with Crippen LogP contribution in [0.3, 0.4) is 0 Å². The third-order valence-corrected chi connectivity index (χ3v) is 7.41. The molecule has 4 rings (SSSR count). The van der Waals surface area contributed by atoms with Gasteiger partial charge < -0.3 is 20.2 Å². The summed E-state index contributed by atoms with van der Waals surface area (Å²) in [5.74, 6) is -0.354. The summed E-state index contributed by atoms with van der Waals surface area (Å²) in [7, 11) is 0. The lowest BCUT2D eigenvalue weighted by molar-refractivity contribution is -0.123. The minimum Gasteiger partial charge on any atom is -0.388 e. The molecule has 0 spiro atoms. The number of aliphatic hydroxyl groups is 3. The van der Waals surface area contributed by atoms with Crippen molar-refractivity contribution >= 4 is 15.9 Å². The molecule has 1 aliphatic heterocycles. The highest BCUT2D eigenvalue weighted by Gasteiger charge is 2.46. The first-order valence-corrected chi connectivity index (χ1v) is 12.4. The number of aliphatic hydroxyl groups excluding tert-OH is 2. The van der Waals surface area contributed by atoms with E-state index in [9.17, 15) is 15.3 Å². The Morgan fingerprint density at radius 2 is 1.52 bits per heavy atom. The molecule has 0 aromatic heterocycles. The summed E-state index contributed by atoms with van der Waals surface area (Å²) in [6.07, 6.45) is 0.811. The van der Waals surface area contributed by atoms with E-state index in [4.69, 9.17) is 0 Å². The summed E-state index contributed by atoms with van der Waals surface area (Å²) >= 11 is 3.43. The van der Waals surface area contributed by atoms with Crippen LogP contribution in [0.1, 0.15) is 48.2 Å². The Kier molecular flexibility index (Phi) is 7.99. The fraction of sp³-hybridized carbons (Fsp3) is 0.357. The van der Waals surface area contributed by atoms with Crippen molar-refractivity contribution < 1.29 is 15.3 Å². The topological polar surface area (TPSA) is 63.9 Å². The van der Waals surface area contributed by atoms with Gasteiger partial charge in [-0.1, -0.05) is 88.7 Å². The van der Waals surface area contributed by atoms with E-state index in [2.05, 4.69) is 20.8 Å². The first-order valence-electron chi connectivity index (χ1n) is 11.6. The lowest BCUT2D eigenvalue weighted by Crippen LogP contribution is -2.52. The molecule has 4 nitrogen and oxygen atoms in total. The van der Waals surface area contributed by atoms with Crippen LogP contribution in [0.25, 0.3) is 0 Å². The number of nitrogens with zero attached hydrogens (tertiary/aromatic N) is 1. The average molecular weight is 510 g/mol. The van der Waals surface area contributed by atoms with Crippen molar-refractivity contribution in [3.63, 3.8) is 0 Å². The molecular weight excluding hydrogens is 478 g/mol. The molecule has 5 heteroatoms. The van der Waals surface area contributed by atoms with Crippen LogP contribution in [0.5, 0.6) is 0 Å². The van der Waals surface area contributed by atoms with Crippen molar-refractivity contribution in [1.29, 1.82) is 0 Å². The number of hydrogen-bond donors (Lipinski definition) is 3. The molecule has 3 N–H and O–H groups in total. The van der Waals surface area contributed by atoms with Crippen molar-refractivity contribution in [1.82, 2.24) is 4.90 Å². The quantitative estimate of drug-likeness (QED) is 0.390. The summed E-state index contributed by atoms with van der Waals surface area (Å²) in [6.45, 7) is 2.16. The van der Waals surface area contributed by atoms with Crippen molar-refractivity contribution in [2.75, 3.05) is 19.6 Å². The number of likely N-dealkylation sites (tertiary alicyclic amines) is 1. The second kappa shape index (κ2) is 10.9. The molecule has 0 radical (unpaired) electrons. The molecule has 1 saturated heterocycles. The summed E-state index contributed by atoms with van der Waals surface area (Å²) in [4.78, 5) is 2.31. The lowest BCUT2D eigenvalue weighted by atomic mass is 9.72. The van der Waals surface area contributed by atoms with Gasteiger partial charge in [0.1, 0.15) is 0 Å². The minimum atomic E-state index is -1.09. The molecule has 0 bridgehead atoms. The molecule has 2 unspecified atom stereocenters. The predicted octanol–water partition coefficient (Wildman–Crippen LogP) is 5.21. The lowest BCUT2D eigenvalue weighted by Gasteiger charge is -2.47. The van der Waals surface area contributed by atoms with E-state index in [-0.39, 0.29) is 5.92 Å². The maximum absolute atomic E-state index is 11.8. The Labute approximate surface area is 204 Å². The van der Waals surface area contributed by atoms with Gasteiger partial charge in [0.25, 0.3) is 0 Å². The Bertz CT molecular complexity index is 999. The zero-order valence-electron chi connectivity index (χ0n) is 18.7. The molecule has 3 aromatic rings. The zero-order chi connectivity index (χ0) is 23.3. The van der Waals surface area contributed by atoms with Crippen molar-refractivity contribution in [2.45, 2.75) is 37.1 Å². The Hall–Kier alpha value is -2.02. The van der Waals surface area contributed by atoms with Gasteiger partial charge in [-0.05, 0) is 54.6 Å². The van der Waals surface area contributed by atoms with Crippen LogP contribution in [-0.2, 0) is 5.60 Å². The maximum atomic E-state index is 11.8. The van der Waals surface area contributed by atoms with Gasteiger partial charge in [0.05, 0.1) is 17.8 Å². The van der Waals surface area contributed by atoms with E-state index < -0.39 is 17.8 Å². The van der Waals surface area contributed by atoms with E-state index in [1.165, 1.54) is 0 Å². The van der Waals surface area contributed by atoms with Crippen molar-refractivity contribution in [3.8, 4) is 0 Å². The monoisotopic (exact) mass is 509 g/mol. The SMILES string of the molecule is OC(CCCN1CC[C@](O)(c2ccccc2)[C@@H](C(O)c2ccccc2)C1)c1ccc(Br)cc1. The van der Waals surface area contributed by atoms with Crippen molar-refractivity contribution in [2.24, 2.45) is 5.92 Å². The number of piperidine rings is 1. The molecule has 1 heterocycles. The Morgan fingerprint density at radius 1 is 0.879 bits per heavy atom. The van der Waals surface area contributed by atoms with Gasteiger partial charge in [0, 0.05) is 23.5 Å². The standard InChI is InChI=1S/C28H32BrNO3/c29-24-15-13-21(14-16-24)26(31)12-7-18-30-19-17-28(33,23-10-5-2-6-11-23)25(20-30)27(32)22-8-3-1-4-9-22/h1-6,8-11,13-16,25-27,31-33H,7,12,17-20H2/t25-,26?,27?,28+/m1/s1. The highest BCUT2D eigenvalue weighted by molar-refractivity contribution is 9.10. The molecule has 4 atom stereocenters. The molecule has 174 valence electrons. The number of rotatable bonds is 8. The van der Waals surface area contributed by atoms with E-state index in [0.29, 0.717) is 19.4 Å². The van der Waals surface area contributed by atoms with E-state index in [1.54, 1.807) is 0 Å². The van der Waals surface area contributed by atoms with Gasteiger partial charge in [0.2, 0.25) is 0 Å². The van der Waals surface area contributed by atoms with Crippen LogP contribution in [0.15, 0.2) is 89.4 Å². The van der Waals surface area contributed by atoms with Crippen LogP contribution in [0.2, 0.25) is 0 Å². The number of hydrogen-bond acceptors (Lipinski definition) is 4. The van der Waals surface area contributed by atoms with Gasteiger partial charge >= 0.3 is 0 Å². The molecule has 0 aliphatic carbocycles. The predicted molar refractivity (Wildman–Crippen MR) is 135 cm³/mol. The van der Waals surface area contributed by atoms with Crippen LogP contribution in [0, 0.1) is 5.92 Å². The minimum absolute atomic E-state index is 0.354. The average Bonchev–Trinajstić information content (AvgIpc) is 2.86. The van der Waals surface area contributed by atoms with Gasteiger partial charge in [-0.25, -0.2) is 0 Å². The van der Waals surface area contributed by atoms with Gasteiger partial charge in [-0.2, -0.15) is 0 Å². The summed E-state index contributed by atoms with van der Waals surface area (Å²) < 4.78 is 1.00. The molecular formula is C28H32BrNO3. The summed E-state index contributed by atoms with van der Waals surface area (Å²) in [5.41, 5.74) is 1.51. The first kappa shape index (κ1) is 24.1. The number of halogens is 1. The van der Waals surface area contributed by atoms with Crippen LogP contribution < -0.4 is 0 Å². The second-order valence-corrected chi connectivity index (χ2v) is 9.93. The van der Waals surface area contributed by atoms with Crippen LogP contribution in [0.4, 0.5) is 0 Å². The van der Waals surface area contributed by atoms with Gasteiger partial charge in [-0.3, -0.25) is 0 Å². The fourth-order valence-electron chi connectivity index (χ4n) is 4.93. The highest BCUT2D eigenvalue weighted by Crippen LogP contribution is 2.43. The molecule has 0 saturated carbocycles. The van der Waals surface area contributed by atoms with Gasteiger partial charge in [-0.15, -0.1) is 0 Å². The Morgan fingerprint density at radius 3 is 2.18 bits per heavy atom. The molecule has 1 fully saturated rings. The molecule has 1 aliphatic rings. The first-order chi connectivity index (χ1) is 16.0. The van der Waals surface area contributed by atoms with Crippen LogP contribution in [-0.4, -0.2) is 39.9 Å².